The number of rotatable bonds is 12. The van der Waals surface area contributed by atoms with E-state index in [4.69, 9.17) is 24.0 Å². The number of amides is 1. The van der Waals surface area contributed by atoms with E-state index in [2.05, 4.69) is 5.10 Å². The van der Waals surface area contributed by atoms with Gasteiger partial charge in [-0.15, -0.1) is 0 Å². The van der Waals surface area contributed by atoms with Gasteiger partial charge >= 0.3 is 12.3 Å². The summed E-state index contributed by atoms with van der Waals surface area (Å²) in [4.78, 5) is 13.8. The van der Waals surface area contributed by atoms with E-state index in [1.54, 1.807) is 32.5 Å². The normalized spacial score (nSPS) is 14.6. The minimum absolute atomic E-state index is 0.00870. The first-order valence-electron chi connectivity index (χ1n) is 16.3. The highest BCUT2D eigenvalue weighted by molar-refractivity contribution is 5.76. The number of aryl methyl sites for hydroxylation is 1. The number of carbonyl (C=O) groups excluding carboxylic acids is 1. The van der Waals surface area contributed by atoms with Crippen LogP contribution in [0.3, 0.4) is 0 Å². The van der Waals surface area contributed by atoms with Gasteiger partial charge in [0.05, 0.1) is 30.6 Å². The summed E-state index contributed by atoms with van der Waals surface area (Å²) in [6.07, 6.45) is -1.68. The summed E-state index contributed by atoms with van der Waals surface area (Å²) in [5.74, 6) is -3.10. The fourth-order valence-corrected chi connectivity index (χ4v) is 5.93. The molecule has 50 heavy (non-hydrogen) atoms. The molecule has 0 saturated heterocycles. The SMILES string of the molecule is CCOCOC1(c2nn(C)c(C)c2CCOc2c(-c3cc(C(F)(F)F)n4ncc(CN(C)C(=O)OC(C)(C)C)c4c3)ccc(F)c2F)CCC1. The zero-order chi connectivity index (χ0) is 36.6. The second-order valence-corrected chi connectivity index (χ2v) is 13.4. The van der Waals surface area contributed by atoms with Crippen molar-refractivity contribution in [1.82, 2.24) is 24.3 Å². The van der Waals surface area contributed by atoms with E-state index in [-0.39, 0.29) is 48.6 Å². The van der Waals surface area contributed by atoms with Gasteiger partial charge < -0.3 is 23.8 Å². The molecule has 15 heteroatoms. The quantitative estimate of drug-likeness (QED) is 0.0846. The van der Waals surface area contributed by atoms with Crippen LogP contribution in [0.4, 0.5) is 26.7 Å². The fourth-order valence-electron chi connectivity index (χ4n) is 5.93. The lowest BCUT2D eigenvalue weighted by Gasteiger charge is -2.40. The maximum atomic E-state index is 15.5. The third kappa shape index (κ3) is 7.58. The van der Waals surface area contributed by atoms with Crippen LogP contribution in [-0.4, -0.2) is 63.0 Å². The molecule has 1 aliphatic carbocycles. The van der Waals surface area contributed by atoms with Crippen molar-refractivity contribution in [3.8, 4) is 16.9 Å². The third-order valence-corrected chi connectivity index (χ3v) is 8.73. The maximum Gasteiger partial charge on any atom is 0.433 e. The van der Waals surface area contributed by atoms with Gasteiger partial charge in [0.2, 0.25) is 5.82 Å². The van der Waals surface area contributed by atoms with Gasteiger partial charge in [-0.25, -0.2) is 13.7 Å². The average Bonchev–Trinajstić information content (AvgIpc) is 3.54. The first kappa shape index (κ1) is 37.0. The summed E-state index contributed by atoms with van der Waals surface area (Å²) in [6.45, 7) is 9.14. The van der Waals surface area contributed by atoms with Gasteiger partial charge in [-0.05, 0) is 83.7 Å². The highest BCUT2D eigenvalue weighted by Gasteiger charge is 2.44. The van der Waals surface area contributed by atoms with E-state index >= 15 is 4.39 Å². The molecule has 3 aromatic heterocycles. The number of benzene rings is 1. The fraction of sp³-hybridized carbons (Fsp3) is 0.514. The molecule has 1 amide bonds. The van der Waals surface area contributed by atoms with Crippen LogP contribution >= 0.6 is 0 Å². The van der Waals surface area contributed by atoms with Gasteiger partial charge in [-0.1, -0.05) is 0 Å². The second kappa shape index (κ2) is 14.2. The first-order valence-corrected chi connectivity index (χ1v) is 16.3. The minimum atomic E-state index is -4.87. The number of hydrogen-bond donors (Lipinski definition) is 0. The van der Waals surface area contributed by atoms with Crippen molar-refractivity contribution in [2.45, 2.75) is 84.2 Å². The molecular formula is C35H42F5N5O5. The lowest BCUT2D eigenvalue weighted by Crippen LogP contribution is -2.39. The lowest BCUT2D eigenvalue weighted by molar-refractivity contribution is -0.180. The zero-order valence-electron chi connectivity index (χ0n) is 29.2. The topological polar surface area (TPSA) is 92.4 Å². The van der Waals surface area contributed by atoms with E-state index in [1.165, 1.54) is 30.3 Å². The van der Waals surface area contributed by atoms with Crippen LogP contribution in [0.2, 0.25) is 0 Å². The molecule has 0 bridgehead atoms. The van der Waals surface area contributed by atoms with Crippen molar-refractivity contribution >= 4 is 11.6 Å². The van der Waals surface area contributed by atoms with Gasteiger partial charge in [0.25, 0.3) is 0 Å². The molecule has 10 nitrogen and oxygen atoms in total. The van der Waals surface area contributed by atoms with E-state index in [1.807, 2.05) is 13.8 Å². The first-order chi connectivity index (χ1) is 23.5. The van der Waals surface area contributed by atoms with Crippen LogP contribution < -0.4 is 4.74 Å². The summed E-state index contributed by atoms with van der Waals surface area (Å²) < 4.78 is 98.6. The van der Waals surface area contributed by atoms with Crippen molar-refractivity contribution in [1.29, 1.82) is 0 Å². The number of pyridine rings is 1. The predicted octanol–water partition coefficient (Wildman–Crippen LogP) is 7.72. The molecule has 272 valence electrons. The van der Waals surface area contributed by atoms with Gasteiger partial charge in [0.1, 0.15) is 23.7 Å². The average molecular weight is 708 g/mol. The molecule has 0 spiro atoms. The van der Waals surface area contributed by atoms with E-state index in [0.717, 1.165) is 48.3 Å². The van der Waals surface area contributed by atoms with Crippen LogP contribution in [0, 0.1) is 18.6 Å². The van der Waals surface area contributed by atoms with E-state index in [9.17, 15) is 22.4 Å². The van der Waals surface area contributed by atoms with Crippen molar-refractivity contribution in [3.63, 3.8) is 0 Å². The molecule has 1 fully saturated rings. The molecule has 5 rings (SSSR count). The van der Waals surface area contributed by atoms with Crippen LogP contribution in [0.5, 0.6) is 5.75 Å². The Balaban J connectivity index is 1.49. The number of aromatic nitrogens is 4. The van der Waals surface area contributed by atoms with Crippen molar-refractivity contribution in [2.24, 2.45) is 7.05 Å². The number of nitrogens with zero attached hydrogens (tertiary/aromatic N) is 5. The van der Waals surface area contributed by atoms with Gasteiger partial charge in [-0.2, -0.15) is 27.8 Å². The maximum absolute atomic E-state index is 15.5. The summed E-state index contributed by atoms with van der Waals surface area (Å²) >= 11 is 0. The smallest absolute Gasteiger partial charge is 0.433 e. The Morgan fingerprint density at radius 1 is 1.12 bits per heavy atom. The Morgan fingerprint density at radius 2 is 1.84 bits per heavy atom. The van der Waals surface area contributed by atoms with E-state index < -0.39 is 46.5 Å². The van der Waals surface area contributed by atoms with Gasteiger partial charge in [0.15, 0.2) is 11.6 Å². The van der Waals surface area contributed by atoms with Gasteiger partial charge in [-0.3, -0.25) is 4.68 Å². The molecule has 0 atom stereocenters. The summed E-state index contributed by atoms with van der Waals surface area (Å²) in [7, 11) is 3.24. The molecule has 1 saturated carbocycles. The summed E-state index contributed by atoms with van der Waals surface area (Å²) in [5, 5.41) is 8.66. The third-order valence-electron chi connectivity index (χ3n) is 8.73. The Kier molecular flexibility index (Phi) is 10.5. The van der Waals surface area contributed by atoms with Crippen LogP contribution in [-0.2, 0) is 46.0 Å². The monoisotopic (exact) mass is 707 g/mol. The minimum Gasteiger partial charge on any atom is -0.489 e. The molecule has 0 N–H and O–H groups in total. The number of halogens is 5. The molecule has 0 aliphatic heterocycles. The largest absolute Gasteiger partial charge is 0.489 e. The van der Waals surface area contributed by atoms with Crippen molar-refractivity contribution in [3.05, 3.63) is 70.3 Å². The van der Waals surface area contributed by atoms with Crippen LogP contribution in [0.1, 0.15) is 75.2 Å². The summed E-state index contributed by atoms with van der Waals surface area (Å²) in [5.41, 5.74) is -0.117. The molecule has 1 aliphatic rings. The molecule has 0 unspecified atom stereocenters. The molecule has 3 heterocycles. The Morgan fingerprint density at radius 3 is 2.46 bits per heavy atom. The predicted molar refractivity (Wildman–Crippen MR) is 173 cm³/mol. The van der Waals surface area contributed by atoms with E-state index in [0.29, 0.717) is 11.1 Å². The number of hydrogen-bond acceptors (Lipinski definition) is 7. The Hall–Kier alpha value is -4.24. The number of fused-ring (bicyclic) bond motifs is 1. The highest BCUT2D eigenvalue weighted by Crippen LogP contribution is 2.46. The molecule has 4 aromatic rings. The van der Waals surface area contributed by atoms with Crippen molar-refractivity contribution in [2.75, 3.05) is 27.1 Å². The standard InChI is InChI=1S/C35H42F5N5O5/c1-8-47-20-49-34(13-9-14-34)31-24(21(2)44(7)42-31)12-15-48-30-25(10-11-26(36)29(30)37)22-16-27-23(19-43(6)32(46)50-33(3,4)5)18-41-45(27)28(17-22)35(38,39)40/h10-11,16-18H,8-9,12-15,19-20H2,1-7H3. The van der Waals surface area contributed by atoms with Crippen molar-refractivity contribution < 1.29 is 45.7 Å². The number of alkyl halides is 3. The Bertz CT molecular complexity index is 1860. The number of ether oxygens (including phenoxy) is 4. The van der Waals surface area contributed by atoms with Crippen LogP contribution in [0.15, 0.2) is 30.5 Å². The second-order valence-electron chi connectivity index (χ2n) is 13.4. The summed E-state index contributed by atoms with van der Waals surface area (Å²) in [6, 6.07) is 4.19. The molecule has 1 aromatic carbocycles. The zero-order valence-corrected chi connectivity index (χ0v) is 29.2. The Labute approximate surface area is 287 Å². The van der Waals surface area contributed by atoms with Crippen LogP contribution in [0.25, 0.3) is 16.6 Å². The highest BCUT2D eigenvalue weighted by atomic mass is 19.4. The lowest BCUT2D eigenvalue weighted by atomic mass is 9.75. The molecular weight excluding hydrogens is 665 g/mol. The molecule has 0 radical (unpaired) electrons. The van der Waals surface area contributed by atoms with Gasteiger partial charge in [0, 0.05) is 49.5 Å². The number of carbonyl (C=O) groups is 1.